The molecule has 2 aliphatic rings. The smallest absolute Gasteiger partial charge is 0.231 e. The zero-order valence-electron chi connectivity index (χ0n) is 14.3. The molecule has 0 bridgehead atoms. The molecule has 2 fully saturated rings. The van der Waals surface area contributed by atoms with Crippen LogP contribution in [0.3, 0.4) is 0 Å². The largest absolute Gasteiger partial charge is 0.384 e. The van der Waals surface area contributed by atoms with Crippen molar-refractivity contribution in [2.75, 3.05) is 39.9 Å². The first-order chi connectivity index (χ1) is 11.2. The SMILES string of the molecule is COCC1(C(=O)N2CCC(c3ccnn3C)CC2)CCNCC1. The zero-order chi connectivity index (χ0) is 16.3. The number of likely N-dealkylation sites (tertiary alicyclic amines) is 1. The van der Waals surface area contributed by atoms with Crippen LogP contribution in [0.25, 0.3) is 0 Å². The Hall–Kier alpha value is -1.40. The minimum atomic E-state index is -0.320. The molecule has 0 unspecified atom stereocenters. The number of piperidine rings is 2. The van der Waals surface area contributed by atoms with Gasteiger partial charge in [0.2, 0.25) is 5.91 Å². The summed E-state index contributed by atoms with van der Waals surface area (Å²) in [5, 5.41) is 7.62. The van der Waals surface area contributed by atoms with Gasteiger partial charge in [0.05, 0.1) is 12.0 Å². The molecule has 3 rings (SSSR count). The van der Waals surface area contributed by atoms with E-state index < -0.39 is 0 Å². The van der Waals surface area contributed by atoms with Gasteiger partial charge in [-0.15, -0.1) is 0 Å². The third-order valence-corrected chi connectivity index (χ3v) is 5.49. The number of rotatable bonds is 4. The number of methoxy groups -OCH3 is 1. The lowest BCUT2D eigenvalue weighted by atomic mass is 9.77. The van der Waals surface area contributed by atoms with Gasteiger partial charge in [-0.1, -0.05) is 0 Å². The maximum Gasteiger partial charge on any atom is 0.231 e. The van der Waals surface area contributed by atoms with Crippen LogP contribution in [0.15, 0.2) is 12.3 Å². The first kappa shape index (κ1) is 16.5. The van der Waals surface area contributed by atoms with Gasteiger partial charge in [0.1, 0.15) is 0 Å². The van der Waals surface area contributed by atoms with Crippen LogP contribution in [-0.4, -0.2) is 60.5 Å². The zero-order valence-corrected chi connectivity index (χ0v) is 14.3. The van der Waals surface area contributed by atoms with Gasteiger partial charge >= 0.3 is 0 Å². The van der Waals surface area contributed by atoms with E-state index in [0.29, 0.717) is 18.4 Å². The molecule has 0 saturated carbocycles. The van der Waals surface area contributed by atoms with Crippen LogP contribution in [-0.2, 0) is 16.6 Å². The Balaban J connectivity index is 1.64. The Labute approximate surface area is 138 Å². The van der Waals surface area contributed by atoms with Crippen LogP contribution >= 0.6 is 0 Å². The molecule has 0 radical (unpaired) electrons. The maximum absolute atomic E-state index is 13.1. The summed E-state index contributed by atoms with van der Waals surface area (Å²) in [6.45, 7) is 4.03. The fraction of sp³-hybridized carbons (Fsp3) is 0.765. The summed E-state index contributed by atoms with van der Waals surface area (Å²) in [6.07, 6.45) is 5.65. The Kier molecular flexibility index (Phi) is 5.02. The summed E-state index contributed by atoms with van der Waals surface area (Å²) in [6, 6.07) is 2.10. The molecular weight excluding hydrogens is 292 g/mol. The van der Waals surface area contributed by atoms with Crippen molar-refractivity contribution >= 4 is 5.91 Å². The molecule has 128 valence electrons. The number of aromatic nitrogens is 2. The molecule has 3 heterocycles. The molecule has 1 amide bonds. The summed E-state index contributed by atoms with van der Waals surface area (Å²) in [7, 11) is 3.70. The van der Waals surface area contributed by atoms with Crippen molar-refractivity contribution in [2.45, 2.75) is 31.6 Å². The number of carbonyl (C=O) groups is 1. The van der Waals surface area contributed by atoms with Gasteiger partial charge in [-0.2, -0.15) is 5.10 Å². The molecule has 0 atom stereocenters. The molecule has 0 aliphatic carbocycles. The van der Waals surface area contributed by atoms with Gasteiger partial charge in [0.25, 0.3) is 0 Å². The maximum atomic E-state index is 13.1. The number of hydrogen-bond acceptors (Lipinski definition) is 4. The number of amides is 1. The second-order valence-electron chi connectivity index (χ2n) is 6.91. The van der Waals surface area contributed by atoms with Crippen molar-refractivity contribution < 1.29 is 9.53 Å². The van der Waals surface area contributed by atoms with E-state index in [9.17, 15) is 4.79 Å². The molecule has 1 aromatic rings. The molecule has 23 heavy (non-hydrogen) atoms. The minimum Gasteiger partial charge on any atom is -0.384 e. The Morgan fingerprint density at radius 1 is 1.39 bits per heavy atom. The first-order valence-electron chi connectivity index (χ1n) is 8.63. The Morgan fingerprint density at radius 2 is 2.09 bits per heavy atom. The van der Waals surface area contributed by atoms with Gasteiger partial charge < -0.3 is 15.0 Å². The first-order valence-corrected chi connectivity index (χ1v) is 8.63. The molecule has 1 N–H and O–H groups in total. The molecule has 2 aliphatic heterocycles. The Bertz CT molecular complexity index is 523. The average molecular weight is 320 g/mol. The summed E-state index contributed by atoms with van der Waals surface area (Å²) in [5.74, 6) is 0.808. The van der Waals surface area contributed by atoms with Crippen molar-refractivity contribution in [1.82, 2.24) is 20.0 Å². The third-order valence-electron chi connectivity index (χ3n) is 5.49. The predicted octanol–water partition coefficient (Wildman–Crippen LogP) is 1.14. The average Bonchev–Trinajstić information content (AvgIpc) is 3.01. The number of aryl methyl sites for hydroxylation is 1. The number of nitrogens with zero attached hydrogens (tertiary/aromatic N) is 3. The highest BCUT2D eigenvalue weighted by molar-refractivity contribution is 5.83. The van der Waals surface area contributed by atoms with Crippen molar-refractivity contribution in [2.24, 2.45) is 12.5 Å². The van der Waals surface area contributed by atoms with E-state index in [4.69, 9.17) is 4.74 Å². The van der Waals surface area contributed by atoms with Crippen molar-refractivity contribution in [3.63, 3.8) is 0 Å². The van der Waals surface area contributed by atoms with Gasteiger partial charge in [-0.25, -0.2) is 0 Å². The van der Waals surface area contributed by atoms with Crippen LogP contribution in [0, 0.1) is 5.41 Å². The van der Waals surface area contributed by atoms with Gasteiger partial charge in [0.15, 0.2) is 0 Å². The molecule has 0 aromatic carbocycles. The topological polar surface area (TPSA) is 59.4 Å². The Morgan fingerprint density at radius 3 is 2.65 bits per heavy atom. The lowest BCUT2D eigenvalue weighted by Crippen LogP contribution is -2.53. The standard InChI is InChI=1S/C17H28N4O2/c1-20-15(3-8-19-20)14-4-11-21(12-5-14)16(22)17(13-23-2)6-9-18-10-7-17/h3,8,14,18H,4-7,9-13H2,1-2H3. The van der Waals surface area contributed by atoms with E-state index in [1.165, 1.54) is 5.69 Å². The van der Waals surface area contributed by atoms with Crippen LogP contribution in [0.2, 0.25) is 0 Å². The van der Waals surface area contributed by atoms with Gasteiger partial charge in [-0.3, -0.25) is 9.48 Å². The minimum absolute atomic E-state index is 0.296. The summed E-state index contributed by atoms with van der Waals surface area (Å²) >= 11 is 0. The second kappa shape index (κ2) is 7.01. The highest BCUT2D eigenvalue weighted by atomic mass is 16.5. The highest BCUT2D eigenvalue weighted by Crippen LogP contribution is 2.35. The van der Waals surface area contributed by atoms with Gasteiger partial charge in [-0.05, 0) is 44.8 Å². The van der Waals surface area contributed by atoms with E-state index in [0.717, 1.165) is 51.9 Å². The second-order valence-corrected chi connectivity index (χ2v) is 6.91. The predicted molar refractivity (Wildman–Crippen MR) is 88.2 cm³/mol. The van der Waals surface area contributed by atoms with Crippen LogP contribution in [0.5, 0.6) is 0 Å². The van der Waals surface area contributed by atoms with E-state index in [-0.39, 0.29) is 5.41 Å². The quantitative estimate of drug-likeness (QED) is 0.904. The number of carbonyl (C=O) groups excluding carboxylic acids is 1. The number of hydrogen-bond donors (Lipinski definition) is 1. The number of ether oxygens (including phenoxy) is 1. The van der Waals surface area contributed by atoms with Crippen molar-refractivity contribution in [1.29, 1.82) is 0 Å². The molecule has 0 spiro atoms. The summed E-state index contributed by atoms with van der Waals surface area (Å²) in [5.41, 5.74) is 0.963. The summed E-state index contributed by atoms with van der Waals surface area (Å²) in [4.78, 5) is 15.2. The fourth-order valence-electron chi connectivity index (χ4n) is 4.10. The fourth-order valence-corrected chi connectivity index (χ4v) is 4.10. The van der Waals surface area contributed by atoms with E-state index in [1.807, 2.05) is 17.9 Å². The third kappa shape index (κ3) is 3.28. The lowest BCUT2D eigenvalue weighted by molar-refractivity contribution is -0.148. The van der Waals surface area contributed by atoms with E-state index >= 15 is 0 Å². The van der Waals surface area contributed by atoms with Crippen LogP contribution < -0.4 is 5.32 Å². The molecule has 2 saturated heterocycles. The van der Waals surface area contributed by atoms with Crippen LogP contribution in [0.1, 0.15) is 37.3 Å². The molecule has 6 nitrogen and oxygen atoms in total. The highest BCUT2D eigenvalue weighted by Gasteiger charge is 2.43. The van der Waals surface area contributed by atoms with E-state index in [2.05, 4.69) is 21.4 Å². The van der Waals surface area contributed by atoms with Gasteiger partial charge in [0, 0.05) is 45.1 Å². The van der Waals surface area contributed by atoms with Crippen LogP contribution in [0.4, 0.5) is 0 Å². The van der Waals surface area contributed by atoms with Crippen molar-refractivity contribution in [3.8, 4) is 0 Å². The number of nitrogens with one attached hydrogen (secondary N) is 1. The van der Waals surface area contributed by atoms with E-state index in [1.54, 1.807) is 7.11 Å². The summed E-state index contributed by atoms with van der Waals surface area (Å²) < 4.78 is 7.37. The molecular formula is C17H28N4O2. The normalized spacial score (nSPS) is 22.3. The molecule has 6 heteroatoms. The lowest BCUT2D eigenvalue weighted by Gasteiger charge is -2.42. The molecule has 1 aromatic heterocycles. The monoisotopic (exact) mass is 320 g/mol. The van der Waals surface area contributed by atoms with Crippen molar-refractivity contribution in [3.05, 3.63) is 18.0 Å².